The van der Waals surface area contributed by atoms with E-state index in [2.05, 4.69) is 5.32 Å². The van der Waals surface area contributed by atoms with E-state index in [0.29, 0.717) is 28.4 Å². The highest BCUT2D eigenvalue weighted by Crippen LogP contribution is 2.55. The summed E-state index contributed by atoms with van der Waals surface area (Å²) in [6, 6.07) is 11.4. The number of piperidine rings is 1. The zero-order chi connectivity index (χ0) is 23.9. The second kappa shape index (κ2) is 8.63. The van der Waals surface area contributed by atoms with Crippen LogP contribution in [0.4, 0.5) is 0 Å². The number of methoxy groups -OCH3 is 3. The van der Waals surface area contributed by atoms with Crippen LogP contribution in [0.3, 0.4) is 0 Å². The Labute approximate surface area is 199 Å². The molecule has 0 spiro atoms. The summed E-state index contributed by atoms with van der Waals surface area (Å²) >= 11 is 0. The van der Waals surface area contributed by atoms with Gasteiger partial charge in [0, 0.05) is 29.4 Å². The predicted octanol–water partition coefficient (Wildman–Crippen LogP) is 4.73. The fraction of sp³-hybridized carbons (Fsp3) is 0.370. The monoisotopic (exact) mass is 463 g/mol. The van der Waals surface area contributed by atoms with E-state index in [4.69, 9.17) is 18.9 Å². The van der Waals surface area contributed by atoms with Crippen LogP contribution in [0.25, 0.3) is 6.08 Å². The number of nitrogens with one attached hydrogen (secondary N) is 1. The van der Waals surface area contributed by atoms with Crippen LogP contribution >= 0.6 is 0 Å². The van der Waals surface area contributed by atoms with Gasteiger partial charge in [0.15, 0.2) is 17.2 Å². The lowest BCUT2D eigenvalue weighted by atomic mass is 9.64. The van der Waals surface area contributed by atoms with Gasteiger partial charge < -0.3 is 29.4 Å². The van der Waals surface area contributed by atoms with E-state index in [-0.39, 0.29) is 23.5 Å². The molecule has 1 amide bonds. The molecule has 2 N–H and O–H groups in total. The predicted molar refractivity (Wildman–Crippen MR) is 127 cm³/mol. The van der Waals surface area contributed by atoms with Crippen LogP contribution in [0.5, 0.6) is 23.0 Å². The SMILES string of the molecule is COc1ccc(/C=C/C(O)=C2/C(=O)N[C@@]34CCCC[C@H]3[C@H]2c2ccccc2O4)c(OC)c1OC. The number of fused-ring (bicyclic) bond motifs is 2. The molecule has 0 unspecified atom stereocenters. The van der Waals surface area contributed by atoms with Gasteiger partial charge in [-0.2, -0.15) is 0 Å². The molecule has 7 heteroatoms. The highest BCUT2D eigenvalue weighted by Gasteiger charge is 2.57. The van der Waals surface area contributed by atoms with Gasteiger partial charge in [-0.1, -0.05) is 24.6 Å². The molecule has 2 bridgehead atoms. The van der Waals surface area contributed by atoms with Crippen molar-refractivity contribution in [2.75, 3.05) is 21.3 Å². The summed E-state index contributed by atoms with van der Waals surface area (Å²) in [7, 11) is 4.64. The third-order valence-corrected chi connectivity index (χ3v) is 7.17. The van der Waals surface area contributed by atoms with Crippen molar-refractivity contribution in [1.29, 1.82) is 0 Å². The minimum absolute atomic E-state index is 0.0648. The van der Waals surface area contributed by atoms with Gasteiger partial charge in [-0.15, -0.1) is 0 Å². The zero-order valence-corrected chi connectivity index (χ0v) is 19.6. The molecule has 3 aliphatic rings. The number of ether oxygens (including phenoxy) is 4. The van der Waals surface area contributed by atoms with Crippen molar-refractivity contribution in [3.63, 3.8) is 0 Å². The highest BCUT2D eigenvalue weighted by atomic mass is 16.5. The first-order chi connectivity index (χ1) is 16.5. The quantitative estimate of drug-likeness (QED) is 0.493. The number of hydrogen-bond acceptors (Lipinski definition) is 6. The standard InChI is InChI=1S/C27H29NO6/c1-31-21-14-12-16(24(32-2)25(21)33-3)11-13-19(29)23-22-17-8-4-5-10-20(17)34-27(28-26(23)30)15-7-6-9-18(22)27/h4-5,8,10-14,18,22,29H,6-7,9,15H2,1-3H3,(H,28,30)/b13-11+,23-19-/t18-,22+,27+/m0/s1. The number of para-hydroxylation sites is 1. The molecular formula is C27H29NO6. The molecule has 1 saturated heterocycles. The summed E-state index contributed by atoms with van der Waals surface area (Å²) < 4.78 is 22.7. The van der Waals surface area contributed by atoms with Crippen molar-refractivity contribution >= 4 is 12.0 Å². The maximum Gasteiger partial charge on any atom is 0.254 e. The summed E-state index contributed by atoms with van der Waals surface area (Å²) in [5.41, 5.74) is 1.28. The summed E-state index contributed by atoms with van der Waals surface area (Å²) in [5.74, 6) is 1.70. The van der Waals surface area contributed by atoms with Crippen molar-refractivity contribution < 1.29 is 28.8 Å². The molecule has 2 aromatic rings. The van der Waals surface area contributed by atoms with Crippen LogP contribution in [-0.4, -0.2) is 38.1 Å². The van der Waals surface area contributed by atoms with E-state index in [0.717, 1.165) is 37.0 Å². The molecule has 0 radical (unpaired) electrons. The van der Waals surface area contributed by atoms with E-state index in [1.807, 2.05) is 30.3 Å². The number of aliphatic hydroxyl groups excluding tert-OH is 1. The van der Waals surface area contributed by atoms with Gasteiger partial charge in [-0.25, -0.2) is 0 Å². The molecule has 7 nitrogen and oxygen atoms in total. The molecule has 2 heterocycles. The average molecular weight is 464 g/mol. The number of carbonyl (C=O) groups is 1. The van der Waals surface area contributed by atoms with Crippen molar-refractivity contribution in [2.24, 2.45) is 5.92 Å². The lowest BCUT2D eigenvalue weighted by molar-refractivity contribution is -0.140. The summed E-state index contributed by atoms with van der Waals surface area (Å²) in [6.45, 7) is 0. The maximum atomic E-state index is 13.3. The molecule has 1 saturated carbocycles. The Bertz CT molecular complexity index is 1190. The average Bonchev–Trinajstić information content (AvgIpc) is 2.85. The minimum atomic E-state index is -0.714. The Hall–Kier alpha value is -3.61. The third kappa shape index (κ3) is 3.38. The van der Waals surface area contributed by atoms with Crippen LogP contribution in [0.2, 0.25) is 0 Å². The van der Waals surface area contributed by atoms with E-state index in [9.17, 15) is 9.90 Å². The number of allylic oxidation sites excluding steroid dienone is 1. The maximum absolute atomic E-state index is 13.3. The lowest BCUT2D eigenvalue weighted by Crippen LogP contribution is -2.66. The topological polar surface area (TPSA) is 86.3 Å². The fourth-order valence-corrected chi connectivity index (χ4v) is 5.70. The fourth-order valence-electron chi connectivity index (χ4n) is 5.70. The molecule has 0 aromatic heterocycles. The van der Waals surface area contributed by atoms with Crippen molar-refractivity contribution in [3.8, 4) is 23.0 Å². The molecule has 2 aromatic carbocycles. The van der Waals surface area contributed by atoms with E-state index < -0.39 is 5.72 Å². The molecule has 1 aliphatic carbocycles. The Morgan fingerprint density at radius 1 is 1.09 bits per heavy atom. The van der Waals surface area contributed by atoms with Gasteiger partial charge in [0.25, 0.3) is 5.91 Å². The first-order valence-corrected chi connectivity index (χ1v) is 11.5. The van der Waals surface area contributed by atoms with Crippen LogP contribution in [0.1, 0.15) is 42.7 Å². The Morgan fingerprint density at radius 2 is 1.88 bits per heavy atom. The third-order valence-electron chi connectivity index (χ3n) is 7.17. The van der Waals surface area contributed by atoms with Crippen molar-refractivity contribution in [1.82, 2.24) is 5.32 Å². The Kier molecular flexibility index (Phi) is 5.63. The summed E-state index contributed by atoms with van der Waals surface area (Å²) in [4.78, 5) is 13.3. The van der Waals surface area contributed by atoms with Gasteiger partial charge in [-0.3, -0.25) is 4.79 Å². The zero-order valence-electron chi connectivity index (χ0n) is 19.6. The minimum Gasteiger partial charge on any atom is -0.507 e. The van der Waals surface area contributed by atoms with Crippen molar-refractivity contribution in [3.05, 3.63) is 64.9 Å². The number of aliphatic hydroxyl groups is 1. The van der Waals surface area contributed by atoms with Gasteiger partial charge in [-0.05, 0) is 43.2 Å². The van der Waals surface area contributed by atoms with Crippen molar-refractivity contribution in [2.45, 2.75) is 37.3 Å². The van der Waals surface area contributed by atoms with Gasteiger partial charge in [0.05, 0.1) is 26.9 Å². The highest BCUT2D eigenvalue weighted by molar-refractivity contribution is 5.98. The molecule has 2 fully saturated rings. The molecule has 3 atom stereocenters. The van der Waals surface area contributed by atoms with Gasteiger partial charge >= 0.3 is 0 Å². The smallest absolute Gasteiger partial charge is 0.254 e. The molecule has 34 heavy (non-hydrogen) atoms. The number of amides is 1. The van der Waals surface area contributed by atoms with E-state index >= 15 is 0 Å². The number of rotatable bonds is 5. The Balaban J connectivity index is 1.59. The number of benzene rings is 2. The Morgan fingerprint density at radius 3 is 2.65 bits per heavy atom. The largest absolute Gasteiger partial charge is 0.507 e. The molecule has 5 rings (SSSR count). The normalized spacial score (nSPS) is 26.6. The lowest BCUT2D eigenvalue weighted by Gasteiger charge is -2.54. The molecule has 2 aliphatic heterocycles. The summed E-state index contributed by atoms with van der Waals surface area (Å²) in [6.07, 6.45) is 7.01. The second-order valence-corrected chi connectivity index (χ2v) is 8.87. The molecule has 178 valence electrons. The van der Waals surface area contributed by atoms with E-state index in [1.54, 1.807) is 39.5 Å². The second-order valence-electron chi connectivity index (χ2n) is 8.87. The first-order valence-electron chi connectivity index (χ1n) is 11.5. The van der Waals surface area contributed by atoms with Crippen LogP contribution < -0.4 is 24.3 Å². The summed E-state index contributed by atoms with van der Waals surface area (Å²) in [5, 5.41) is 14.3. The van der Waals surface area contributed by atoms with Crippen LogP contribution in [0, 0.1) is 5.92 Å². The van der Waals surface area contributed by atoms with Crippen LogP contribution in [-0.2, 0) is 4.79 Å². The first kappa shape index (κ1) is 22.2. The van der Waals surface area contributed by atoms with E-state index in [1.165, 1.54) is 0 Å². The molecular weight excluding hydrogens is 434 g/mol. The van der Waals surface area contributed by atoms with Crippen LogP contribution in [0.15, 0.2) is 53.8 Å². The number of carbonyl (C=O) groups excluding carboxylic acids is 1. The van der Waals surface area contributed by atoms with Gasteiger partial charge in [0.2, 0.25) is 5.75 Å². The number of hydrogen-bond donors (Lipinski definition) is 2. The van der Waals surface area contributed by atoms with Gasteiger partial charge in [0.1, 0.15) is 11.5 Å².